The lowest BCUT2D eigenvalue weighted by molar-refractivity contribution is 0.00160. The monoisotopic (exact) mass is 229 g/mol. The van der Waals surface area contributed by atoms with Crippen molar-refractivity contribution in [1.82, 2.24) is 5.32 Å². The maximum absolute atomic E-state index is 9.25. The number of hydrogen-bond acceptors (Lipinski definition) is 3. The summed E-state index contributed by atoms with van der Waals surface area (Å²) in [5.74, 6) is 0.812. The molecular formula is C13H27NO2. The van der Waals surface area contributed by atoms with Gasteiger partial charge in [-0.2, -0.15) is 0 Å². The van der Waals surface area contributed by atoms with Gasteiger partial charge in [-0.05, 0) is 39.2 Å². The molecule has 0 aromatic carbocycles. The SMILES string of the molecule is CNC(C)(CO)CCOC1CCCC(C)C1. The molecule has 0 aromatic heterocycles. The van der Waals surface area contributed by atoms with Gasteiger partial charge >= 0.3 is 0 Å². The highest BCUT2D eigenvalue weighted by Crippen LogP contribution is 2.26. The summed E-state index contributed by atoms with van der Waals surface area (Å²) in [4.78, 5) is 0. The van der Waals surface area contributed by atoms with E-state index in [9.17, 15) is 5.11 Å². The first-order valence-electron chi connectivity index (χ1n) is 6.51. The second-order valence-electron chi connectivity index (χ2n) is 5.48. The maximum atomic E-state index is 9.25. The predicted octanol–water partition coefficient (Wildman–Crippen LogP) is 1.94. The average Bonchev–Trinajstić information content (AvgIpc) is 2.29. The molecule has 3 heteroatoms. The fourth-order valence-electron chi connectivity index (χ4n) is 2.26. The number of aliphatic hydroxyl groups is 1. The van der Waals surface area contributed by atoms with E-state index < -0.39 is 0 Å². The highest BCUT2D eigenvalue weighted by molar-refractivity contribution is 4.80. The molecule has 0 heterocycles. The third-order valence-corrected chi connectivity index (χ3v) is 3.85. The quantitative estimate of drug-likeness (QED) is 0.731. The van der Waals surface area contributed by atoms with Gasteiger partial charge in [0, 0.05) is 12.1 Å². The van der Waals surface area contributed by atoms with Crippen LogP contribution in [-0.4, -0.2) is 37.0 Å². The molecule has 0 aliphatic heterocycles. The number of aliphatic hydroxyl groups excluding tert-OH is 1. The molecule has 0 saturated heterocycles. The Kier molecular flexibility index (Phi) is 5.73. The zero-order chi connectivity index (χ0) is 12.0. The van der Waals surface area contributed by atoms with E-state index in [0.29, 0.717) is 6.10 Å². The van der Waals surface area contributed by atoms with Crippen LogP contribution in [0.2, 0.25) is 0 Å². The van der Waals surface area contributed by atoms with Crippen LogP contribution < -0.4 is 5.32 Å². The molecular weight excluding hydrogens is 202 g/mol. The molecule has 16 heavy (non-hydrogen) atoms. The molecule has 3 atom stereocenters. The van der Waals surface area contributed by atoms with Crippen LogP contribution >= 0.6 is 0 Å². The Bertz CT molecular complexity index is 192. The van der Waals surface area contributed by atoms with Crippen molar-refractivity contribution in [2.24, 2.45) is 5.92 Å². The number of nitrogens with one attached hydrogen (secondary N) is 1. The summed E-state index contributed by atoms with van der Waals surface area (Å²) in [6, 6.07) is 0. The van der Waals surface area contributed by atoms with E-state index in [4.69, 9.17) is 4.74 Å². The second kappa shape index (κ2) is 6.58. The summed E-state index contributed by atoms with van der Waals surface area (Å²) < 4.78 is 5.90. The first kappa shape index (κ1) is 13.9. The summed E-state index contributed by atoms with van der Waals surface area (Å²) in [6.07, 6.45) is 6.38. The van der Waals surface area contributed by atoms with Crippen LogP contribution in [0.25, 0.3) is 0 Å². The molecule has 2 N–H and O–H groups in total. The summed E-state index contributed by atoms with van der Waals surface area (Å²) in [7, 11) is 1.89. The van der Waals surface area contributed by atoms with Crippen LogP contribution in [0.3, 0.4) is 0 Å². The van der Waals surface area contributed by atoms with Gasteiger partial charge < -0.3 is 15.2 Å². The third-order valence-electron chi connectivity index (χ3n) is 3.85. The van der Waals surface area contributed by atoms with E-state index in [2.05, 4.69) is 12.2 Å². The van der Waals surface area contributed by atoms with E-state index in [-0.39, 0.29) is 12.1 Å². The number of likely N-dealkylation sites (N-methyl/N-ethyl adjacent to an activating group) is 1. The smallest absolute Gasteiger partial charge is 0.0611 e. The Hall–Kier alpha value is -0.120. The third kappa shape index (κ3) is 4.40. The van der Waals surface area contributed by atoms with Crippen molar-refractivity contribution < 1.29 is 9.84 Å². The summed E-state index contributed by atoms with van der Waals surface area (Å²) in [6.45, 7) is 5.24. The van der Waals surface area contributed by atoms with Crippen molar-refractivity contribution in [3.05, 3.63) is 0 Å². The summed E-state index contributed by atoms with van der Waals surface area (Å²) in [5, 5.41) is 12.4. The Labute approximate surface area is 99.6 Å². The molecule has 1 aliphatic rings. The molecule has 3 nitrogen and oxygen atoms in total. The first-order chi connectivity index (χ1) is 7.59. The molecule has 1 rings (SSSR count). The minimum Gasteiger partial charge on any atom is -0.394 e. The van der Waals surface area contributed by atoms with Crippen molar-refractivity contribution in [1.29, 1.82) is 0 Å². The highest BCUT2D eigenvalue weighted by Gasteiger charge is 2.23. The van der Waals surface area contributed by atoms with Gasteiger partial charge in [0.2, 0.25) is 0 Å². The summed E-state index contributed by atoms with van der Waals surface area (Å²) in [5.41, 5.74) is -0.194. The van der Waals surface area contributed by atoms with Crippen molar-refractivity contribution in [3.63, 3.8) is 0 Å². The lowest BCUT2D eigenvalue weighted by Gasteiger charge is -2.30. The molecule has 0 amide bonds. The second-order valence-corrected chi connectivity index (χ2v) is 5.48. The minimum absolute atomic E-state index is 0.161. The Balaban J connectivity index is 2.19. The molecule has 1 fully saturated rings. The lowest BCUT2D eigenvalue weighted by Crippen LogP contribution is -2.44. The van der Waals surface area contributed by atoms with E-state index in [0.717, 1.165) is 18.9 Å². The van der Waals surface area contributed by atoms with Gasteiger partial charge in [0.1, 0.15) is 0 Å². The van der Waals surface area contributed by atoms with Gasteiger partial charge in [-0.3, -0.25) is 0 Å². The highest BCUT2D eigenvalue weighted by atomic mass is 16.5. The number of hydrogen-bond donors (Lipinski definition) is 2. The average molecular weight is 229 g/mol. The molecule has 0 bridgehead atoms. The van der Waals surface area contributed by atoms with Crippen LogP contribution in [0.5, 0.6) is 0 Å². The van der Waals surface area contributed by atoms with Gasteiger partial charge in [-0.1, -0.05) is 19.8 Å². The zero-order valence-electron chi connectivity index (χ0n) is 11.0. The zero-order valence-corrected chi connectivity index (χ0v) is 11.0. The molecule has 0 radical (unpaired) electrons. The van der Waals surface area contributed by atoms with Crippen molar-refractivity contribution in [3.8, 4) is 0 Å². The van der Waals surface area contributed by atoms with E-state index in [1.165, 1.54) is 25.7 Å². The van der Waals surface area contributed by atoms with Gasteiger partial charge in [0.15, 0.2) is 0 Å². The predicted molar refractivity (Wildman–Crippen MR) is 66.5 cm³/mol. The van der Waals surface area contributed by atoms with Gasteiger partial charge in [0.05, 0.1) is 12.7 Å². The van der Waals surface area contributed by atoms with Gasteiger partial charge in [0.25, 0.3) is 0 Å². The molecule has 0 spiro atoms. The van der Waals surface area contributed by atoms with E-state index in [1.807, 2.05) is 14.0 Å². The first-order valence-corrected chi connectivity index (χ1v) is 6.51. The van der Waals surface area contributed by atoms with E-state index >= 15 is 0 Å². The molecule has 1 saturated carbocycles. The lowest BCUT2D eigenvalue weighted by atomic mass is 9.88. The summed E-state index contributed by atoms with van der Waals surface area (Å²) >= 11 is 0. The van der Waals surface area contributed by atoms with Crippen LogP contribution in [-0.2, 0) is 4.74 Å². The van der Waals surface area contributed by atoms with Crippen molar-refractivity contribution in [2.75, 3.05) is 20.3 Å². The van der Waals surface area contributed by atoms with Crippen LogP contribution in [0.4, 0.5) is 0 Å². The van der Waals surface area contributed by atoms with Crippen LogP contribution in [0, 0.1) is 5.92 Å². The molecule has 1 aliphatic carbocycles. The Morgan fingerprint density at radius 3 is 2.75 bits per heavy atom. The largest absolute Gasteiger partial charge is 0.394 e. The number of ether oxygens (including phenoxy) is 1. The fraction of sp³-hybridized carbons (Fsp3) is 1.00. The minimum atomic E-state index is -0.194. The standard InChI is InChI=1S/C13H27NO2/c1-11-5-4-6-12(9-11)16-8-7-13(2,10-15)14-3/h11-12,14-15H,4-10H2,1-3H3. The van der Waals surface area contributed by atoms with Crippen molar-refractivity contribution in [2.45, 2.75) is 57.6 Å². The Morgan fingerprint density at radius 1 is 1.44 bits per heavy atom. The van der Waals surface area contributed by atoms with Gasteiger partial charge in [-0.25, -0.2) is 0 Å². The molecule has 3 unspecified atom stereocenters. The fourth-order valence-corrected chi connectivity index (χ4v) is 2.26. The van der Waals surface area contributed by atoms with E-state index in [1.54, 1.807) is 0 Å². The maximum Gasteiger partial charge on any atom is 0.0611 e. The topological polar surface area (TPSA) is 41.5 Å². The van der Waals surface area contributed by atoms with Crippen LogP contribution in [0.1, 0.15) is 46.0 Å². The number of rotatable bonds is 6. The van der Waals surface area contributed by atoms with Crippen LogP contribution in [0.15, 0.2) is 0 Å². The molecule has 96 valence electrons. The molecule has 0 aromatic rings. The normalized spacial score (nSPS) is 30.0. The Morgan fingerprint density at radius 2 is 2.19 bits per heavy atom. The van der Waals surface area contributed by atoms with Crippen molar-refractivity contribution >= 4 is 0 Å². The van der Waals surface area contributed by atoms with Gasteiger partial charge in [-0.15, -0.1) is 0 Å².